The van der Waals surface area contributed by atoms with Crippen molar-refractivity contribution in [3.05, 3.63) is 0 Å². The minimum atomic E-state index is -2.68. The summed E-state index contributed by atoms with van der Waals surface area (Å²) in [6.45, 7) is 1.84. The molecule has 17 heavy (non-hydrogen) atoms. The third-order valence-electron chi connectivity index (χ3n) is 5.09. The second-order valence-electron chi connectivity index (χ2n) is 6.09. The fourth-order valence-corrected chi connectivity index (χ4v) is 18.3. The number of rotatable bonds is 2. The van der Waals surface area contributed by atoms with Crippen LogP contribution in [0.5, 0.6) is 0 Å². The summed E-state index contributed by atoms with van der Waals surface area (Å²) >= 11 is -2.68. The second-order valence-corrected chi connectivity index (χ2v) is 16.5. The van der Waals surface area contributed by atoms with Gasteiger partial charge in [0.1, 0.15) is 0 Å². The first-order valence-electron chi connectivity index (χ1n) is 7.70. The van der Waals surface area contributed by atoms with E-state index >= 15 is 0 Å². The molecule has 98 valence electrons. The molecule has 1 aliphatic heterocycles. The van der Waals surface area contributed by atoms with Crippen LogP contribution in [0.1, 0.15) is 64.2 Å². The van der Waals surface area contributed by atoms with Gasteiger partial charge in [-0.15, -0.1) is 0 Å². The van der Waals surface area contributed by atoms with Gasteiger partial charge >= 0.3 is 111 Å². The van der Waals surface area contributed by atoms with Crippen molar-refractivity contribution in [2.24, 2.45) is 0 Å². The first-order chi connectivity index (χ1) is 8.42. The van der Waals surface area contributed by atoms with Crippen LogP contribution in [0.15, 0.2) is 0 Å². The van der Waals surface area contributed by atoms with E-state index in [1.54, 1.807) is 0 Å². The Bertz CT molecular complexity index is 219. The molecular formula is C14H26O2Sn. The SMILES string of the molecule is C1CC[CH]([Sn]2([CH]3CCCCC3)[O]CC[O]2)CC1. The van der Waals surface area contributed by atoms with E-state index in [-0.39, 0.29) is 0 Å². The normalized spacial score (nSPS) is 31.8. The summed E-state index contributed by atoms with van der Waals surface area (Å²) in [6.07, 6.45) is 14.3. The van der Waals surface area contributed by atoms with Crippen LogP contribution in [-0.4, -0.2) is 32.4 Å². The van der Waals surface area contributed by atoms with Gasteiger partial charge in [-0.1, -0.05) is 0 Å². The van der Waals surface area contributed by atoms with Gasteiger partial charge in [-0.25, -0.2) is 0 Å². The molecule has 0 radical (unpaired) electrons. The average Bonchev–Trinajstić information content (AvgIpc) is 2.91. The second kappa shape index (κ2) is 5.79. The first-order valence-corrected chi connectivity index (χ1v) is 13.3. The zero-order valence-electron chi connectivity index (χ0n) is 11.0. The zero-order chi connectivity index (χ0) is 11.6. The fourth-order valence-electron chi connectivity index (χ4n) is 4.26. The molecule has 0 aromatic heterocycles. The van der Waals surface area contributed by atoms with Gasteiger partial charge in [-0.2, -0.15) is 0 Å². The third-order valence-corrected chi connectivity index (χ3v) is 18.6. The van der Waals surface area contributed by atoms with Crippen molar-refractivity contribution in [2.45, 2.75) is 72.1 Å². The molecule has 3 heteroatoms. The summed E-state index contributed by atoms with van der Waals surface area (Å²) in [5, 5.41) is 0. The monoisotopic (exact) mass is 346 g/mol. The van der Waals surface area contributed by atoms with E-state index in [9.17, 15) is 0 Å². The van der Waals surface area contributed by atoms with Crippen molar-refractivity contribution in [3.63, 3.8) is 0 Å². The van der Waals surface area contributed by atoms with E-state index < -0.39 is 19.2 Å². The van der Waals surface area contributed by atoms with Crippen LogP contribution in [0.4, 0.5) is 0 Å². The molecule has 0 aromatic rings. The molecule has 0 aromatic carbocycles. The standard InChI is InChI=1S/2C6H11.C2H4O2.Sn/c2*1-2-4-6-5-3-1;3-1-2-4;/h2*1H,2-6H2;1-2H2;/q;;-2;+2. The summed E-state index contributed by atoms with van der Waals surface area (Å²) in [6, 6.07) is 0. The summed E-state index contributed by atoms with van der Waals surface area (Å²) in [5.74, 6) is 0. The molecule has 0 amide bonds. The first kappa shape index (κ1) is 12.7. The Morgan fingerprint density at radius 2 is 1.00 bits per heavy atom. The van der Waals surface area contributed by atoms with E-state index in [4.69, 9.17) is 6.15 Å². The van der Waals surface area contributed by atoms with Crippen LogP contribution in [0.2, 0.25) is 7.87 Å². The Labute approximate surface area is 110 Å². The predicted octanol–water partition coefficient (Wildman–Crippen LogP) is 4.14. The van der Waals surface area contributed by atoms with Crippen LogP contribution in [0, 0.1) is 0 Å². The van der Waals surface area contributed by atoms with Gasteiger partial charge < -0.3 is 0 Å². The Kier molecular flexibility index (Phi) is 4.34. The maximum atomic E-state index is 6.41. The molecule has 0 N–H and O–H groups in total. The summed E-state index contributed by atoms with van der Waals surface area (Å²) in [5.41, 5.74) is 0. The molecule has 3 rings (SSSR count). The van der Waals surface area contributed by atoms with Gasteiger partial charge in [0.25, 0.3) is 0 Å². The molecule has 0 atom stereocenters. The van der Waals surface area contributed by atoms with Crippen molar-refractivity contribution in [1.29, 1.82) is 0 Å². The molecule has 1 saturated heterocycles. The van der Waals surface area contributed by atoms with Crippen LogP contribution >= 0.6 is 0 Å². The van der Waals surface area contributed by atoms with Crippen LogP contribution in [0.25, 0.3) is 0 Å². The van der Waals surface area contributed by atoms with E-state index in [0.29, 0.717) is 0 Å². The minimum absolute atomic E-state index is 0.892. The molecule has 0 unspecified atom stereocenters. The van der Waals surface area contributed by atoms with Gasteiger partial charge in [0.2, 0.25) is 0 Å². The fraction of sp³-hybridized carbons (Fsp3) is 1.00. The molecule has 1 heterocycles. The van der Waals surface area contributed by atoms with Gasteiger partial charge in [0, 0.05) is 0 Å². The van der Waals surface area contributed by atoms with E-state index in [1.165, 1.54) is 64.2 Å². The van der Waals surface area contributed by atoms with Gasteiger partial charge in [-0.05, 0) is 0 Å². The topological polar surface area (TPSA) is 18.5 Å². The van der Waals surface area contributed by atoms with Crippen LogP contribution in [0.3, 0.4) is 0 Å². The number of hydrogen-bond acceptors (Lipinski definition) is 2. The Hall–Kier alpha value is 0.719. The molecule has 0 spiro atoms. The quantitative estimate of drug-likeness (QED) is 0.701. The van der Waals surface area contributed by atoms with E-state index in [1.807, 2.05) is 0 Å². The van der Waals surface area contributed by atoms with Crippen molar-refractivity contribution >= 4 is 19.2 Å². The maximum absolute atomic E-state index is 6.41. The molecule has 3 aliphatic rings. The Morgan fingerprint density at radius 1 is 0.588 bits per heavy atom. The molecule has 0 bridgehead atoms. The summed E-state index contributed by atoms with van der Waals surface area (Å²) in [7, 11) is 0. The Balaban J connectivity index is 1.75. The van der Waals surface area contributed by atoms with Crippen molar-refractivity contribution in [2.75, 3.05) is 13.2 Å². The van der Waals surface area contributed by atoms with Crippen molar-refractivity contribution in [1.82, 2.24) is 0 Å². The van der Waals surface area contributed by atoms with E-state index in [0.717, 1.165) is 21.1 Å². The summed E-state index contributed by atoms with van der Waals surface area (Å²) < 4.78 is 14.6. The van der Waals surface area contributed by atoms with Crippen molar-refractivity contribution in [3.8, 4) is 0 Å². The van der Waals surface area contributed by atoms with Crippen LogP contribution < -0.4 is 0 Å². The third kappa shape index (κ3) is 2.55. The zero-order valence-corrected chi connectivity index (χ0v) is 13.8. The molecular weight excluding hydrogens is 319 g/mol. The number of hydrogen-bond donors (Lipinski definition) is 0. The predicted molar refractivity (Wildman–Crippen MR) is 71.3 cm³/mol. The molecule has 2 nitrogen and oxygen atoms in total. The van der Waals surface area contributed by atoms with Gasteiger partial charge in [0.15, 0.2) is 0 Å². The average molecular weight is 345 g/mol. The van der Waals surface area contributed by atoms with Crippen LogP contribution in [-0.2, 0) is 6.15 Å². The molecule has 2 aliphatic carbocycles. The van der Waals surface area contributed by atoms with Crippen molar-refractivity contribution < 1.29 is 6.15 Å². The van der Waals surface area contributed by atoms with E-state index in [2.05, 4.69) is 0 Å². The van der Waals surface area contributed by atoms with Gasteiger partial charge in [0.05, 0.1) is 0 Å². The summed E-state index contributed by atoms with van der Waals surface area (Å²) in [4.78, 5) is 0. The Morgan fingerprint density at radius 3 is 1.41 bits per heavy atom. The van der Waals surface area contributed by atoms with Gasteiger partial charge in [-0.3, -0.25) is 0 Å². The molecule has 2 saturated carbocycles. The molecule has 3 fully saturated rings.